The fourth-order valence-electron chi connectivity index (χ4n) is 2.64. The molecule has 2 aromatic carbocycles. The minimum absolute atomic E-state index is 0.0219. The Morgan fingerprint density at radius 1 is 1.00 bits per heavy atom. The predicted molar refractivity (Wildman–Crippen MR) is 86.1 cm³/mol. The molecular formula is C19H17NO2. The molecule has 1 heterocycles. The number of rotatable bonds is 3. The highest BCUT2D eigenvalue weighted by Gasteiger charge is 2.29. The van der Waals surface area contributed by atoms with Crippen molar-refractivity contribution in [2.75, 3.05) is 0 Å². The second kappa shape index (κ2) is 5.98. The van der Waals surface area contributed by atoms with Crippen molar-refractivity contribution in [1.29, 1.82) is 0 Å². The topological polar surface area (TPSA) is 46.2 Å². The normalized spacial score (nSPS) is 18.0. The lowest BCUT2D eigenvalue weighted by Gasteiger charge is -2.25. The molecule has 22 heavy (non-hydrogen) atoms. The predicted octanol–water partition coefficient (Wildman–Crippen LogP) is 3.44. The van der Waals surface area contributed by atoms with Gasteiger partial charge in [0.25, 0.3) is 0 Å². The highest BCUT2D eigenvalue weighted by atomic mass is 16.2. The second-order valence-electron chi connectivity index (χ2n) is 5.51. The van der Waals surface area contributed by atoms with Gasteiger partial charge in [0.2, 0.25) is 5.91 Å². The first-order valence-electron chi connectivity index (χ1n) is 7.36. The molecule has 0 bridgehead atoms. The third-order valence-electron chi connectivity index (χ3n) is 3.88. The van der Waals surface area contributed by atoms with Crippen molar-refractivity contribution in [3.05, 3.63) is 77.4 Å². The van der Waals surface area contributed by atoms with Crippen LogP contribution in [0, 0.1) is 5.92 Å². The van der Waals surface area contributed by atoms with Crippen LogP contribution in [-0.4, -0.2) is 11.7 Å². The number of Topliss-reactive ketones (excluding diaryl/α,β-unsaturated/α-hetero) is 1. The van der Waals surface area contributed by atoms with Gasteiger partial charge in [-0.05, 0) is 12.0 Å². The minimum Gasteiger partial charge on any atom is -0.325 e. The van der Waals surface area contributed by atoms with Crippen LogP contribution in [0.15, 0.2) is 66.2 Å². The van der Waals surface area contributed by atoms with Crippen LogP contribution in [0.4, 0.5) is 0 Å². The van der Waals surface area contributed by atoms with E-state index in [1.807, 2.05) is 55.5 Å². The summed E-state index contributed by atoms with van der Waals surface area (Å²) in [6, 6.07) is 18.7. The Kier molecular flexibility index (Phi) is 3.88. The molecule has 1 unspecified atom stereocenters. The van der Waals surface area contributed by atoms with E-state index in [0.29, 0.717) is 23.3 Å². The van der Waals surface area contributed by atoms with E-state index < -0.39 is 0 Å². The summed E-state index contributed by atoms with van der Waals surface area (Å²) in [5.74, 6) is -0.259. The van der Waals surface area contributed by atoms with Crippen LogP contribution in [0.5, 0.6) is 0 Å². The first kappa shape index (κ1) is 14.3. The zero-order valence-corrected chi connectivity index (χ0v) is 12.4. The van der Waals surface area contributed by atoms with Gasteiger partial charge < -0.3 is 5.32 Å². The van der Waals surface area contributed by atoms with Gasteiger partial charge >= 0.3 is 0 Å². The molecule has 3 heteroatoms. The number of allylic oxidation sites excluding steroid dienone is 1. The molecule has 1 amide bonds. The summed E-state index contributed by atoms with van der Waals surface area (Å²) in [5.41, 5.74) is 2.82. The zero-order chi connectivity index (χ0) is 15.5. The number of benzene rings is 2. The quantitative estimate of drug-likeness (QED) is 0.881. The average Bonchev–Trinajstić information content (AvgIpc) is 2.58. The van der Waals surface area contributed by atoms with Crippen molar-refractivity contribution in [1.82, 2.24) is 5.32 Å². The number of nitrogens with one attached hydrogen (secondary N) is 1. The highest BCUT2D eigenvalue weighted by molar-refractivity contribution is 6.15. The maximum Gasteiger partial charge on any atom is 0.227 e. The molecule has 1 N–H and O–H groups in total. The van der Waals surface area contributed by atoms with E-state index in [2.05, 4.69) is 5.32 Å². The van der Waals surface area contributed by atoms with Gasteiger partial charge in [0.15, 0.2) is 5.78 Å². The molecular weight excluding hydrogens is 274 g/mol. The van der Waals surface area contributed by atoms with Gasteiger partial charge in [-0.1, -0.05) is 67.6 Å². The van der Waals surface area contributed by atoms with Crippen LogP contribution in [0.3, 0.4) is 0 Å². The molecule has 0 aliphatic carbocycles. The lowest BCUT2D eigenvalue weighted by molar-refractivity contribution is -0.123. The SMILES string of the molecule is CC1CC(C(=O)c2ccccc2)=C(c2ccccc2)NC1=O. The Labute approximate surface area is 129 Å². The van der Waals surface area contributed by atoms with Crippen molar-refractivity contribution >= 4 is 17.4 Å². The van der Waals surface area contributed by atoms with Crippen LogP contribution in [0.25, 0.3) is 5.70 Å². The number of ketones is 1. The van der Waals surface area contributed by atoms with Gasteiger partial charge in [0.1, 0.15) is 0 Å². The second-order valence-corrected chi connectivity index (χ2v) is 5.51. The summed E-state index contributed by atoms with van der Waals surface area (Å²) in [6.45, 7) is 1.84. The lowest BCUT2D eigenvalue weighted by Crippen LogP contribution is -2.35. The van der Waals surface area contributed by atoms with Gasteiger partial charge in [0.05, 0.1) is 5.70 Å². The van der Waals surface area contributed by atoms with E-state index >= 15 is 0 Å². The molecule has 0 aromatic heterocycles. The molecule has 3 nitrogen and oxygen atoms in total. The van der Waals surface area contributed by atoms with E-state index in [1.165, 1.54) is 0 Å². The van der Waals surface area contributed by atoms with E-state index in [1.54, 1.807) is 12.1 Å². The zero-order valence-electron chi connectivity index (χ0n) is 12.4. The molecule has 0 fully saturated rings. The molecule has 3 rings (SSSR count). The van der Waals surface area contributed by atoms with Crippen LogP contribution in [0.2, 0.25) is 0 Å². The summed E-state index contributed by atoms with van der Waals surface area (Å²) in [7, 11) is 0. The van der Waals surface area contributed by atoms with E-state index in [4.69, 9.17) is 0 Å². The maximum atomic E-state index is 12.8. The average molecular weight is 291 g/mol. The van der Waals surface area contributed by atoms with Crippen LogP contribution in [-0.2, 0) is 4.79 Å². The minimum atomic E-state index is -0.199. The molecule has 110 valence electrons. The van der Waals surface area contributed by atoms with E-state index in [0.717, 1.165) is 5.56 Å². The monoisotopic (exact) mass is 291 g/mol. The number of carbonyl (C=O) groups is 2. The molecule has 1 aliphatic heterocycles. The van der Waals surface area contributed by atoms with Gasteiger partial charge in [0, 0.05) is 17.1 Å². The molecule has 2 aromatic rings. The first-order chi connectivity index (χ1) is 10.7. The van der Waals surface area contributed by atoms with Crippen molar-refractivity contribution in [3.8, 4) is 0 Å². The van der Waals surface area contributed by atoms with Crippen LogP contribution < -0.4 is 5.32 Å². The fraction of sp³-hybridized carbons (Fsp3) is 0.158. The third-order valence-corrected chi connectivity index (χ3v) is 3.88. The number of hydrogen-bond donors (Lipinski definition) is 1. The number of hydrogen-bond acceptors (Lipinski definition) is 2. The van der Waals surface area contributed by atoms with Gasteiger partial charge in [-0.25, -0.2) is 0 Å². The van der Waals surface area contributed by atoms with Crippen molar-refractivity contribution in [3.63, 3.8) is 0 Å². The Hall–Kier alpha value is -2.68. The summed E-state index contributed by atoms with van der Waals surface area (Å²) < 4.78 is 0. The highest BCUT2D eigenvalue weighted by Crippen LogP contribution is 2.29. The lowest BCUT2D eigenvalue weighted by atomic mass is 9.87. The number of carbonyl (C=O) groups excluding carboxylic acids is 2. The summed E-state index contributed by atoms with van der Waals surface area (Å²) in [4.78, 5) is 24.9. The largest absolute Gasteiger partial charge is 0.325 e. The van der Waals surface area contributed by atoms with Crippen molar-refractivity contribution in [2.45, 2.75) is 13.3 Å². The molecule has 1 atom stereocenters. The van der Waals surface area contributed by atoms with E-state index in [9.17, 15) is 9.59 Å². The molecule has 1 aliphatic rings. The van der Waals surface area contributed by atoms with Crippen molar-refractivity contribution < 1.29 is 9.59 Å². The van der Waals surface area contributed by atoms with Gasteiger partial charge in [-0.3, -0.25) is 9.59 Å². The van der Waals surface area contributed by atoms with E-state index in [-0.39, 0.29) is 17.6 Å². The molecule has 0 saturated carbocycles. The van der Waals surface area contributed by atoms with Crippen LogP contribution >= 0.6 is 0 Å². The van der Waals surface area contributed by atoms with Crippen LogP contribution in [0.1, 0.15) is 29.3 Å². The third kappa shape index (κ3) is 2.70. The fourth-order valence-corrected chi connectivity index (χ4v) is 2.64. The Bertz CT molecular complexity index is 733. The Morgan fingerprint density at radius 3 is 2.23 bits per heavy atom. The number of amides is 1. The molecule has 0 radical (unpaired) electrons. The summed E-state index contributed by atoms with van der Waals surface area (Å²) in [5, 5.41) is 2.90. The molecule has 0 saturated heterocycles. The smallest absolute Gasteiger partial charge is 0.227 e. The first-order valence-corrected chi connectivity index (χ1v) is 7.36. The summed E-state index contributed by atoms with van der Waals surface area (Å²) >= 11 is 0. The standard InChI is InChI=1S/C19H17NO2/c1-13-12-16(18(21)15-10-6-3-7-11-15)17(20-19(13)22)14-8-4-2-5-9-14/h2-11,13H,12H2,1H3,(H,20,22). The Morgan fingerprint density at radius 2 is 1.59 bits per heavy atom. The Balaban J connectivity index is 2.10. The van der Waals surface area contributed by atoms with Crippen molar-refractivity contribution in [2.24, 2.45) is 5.92 Å². The summed E-state index contributed by atoms with van der Waals surface area (Å²) in [6.07, 6.45) is 0.462. The van der Waals surface area contributed by atoms with Gasteiger partial charge in [-0.15, -0.1) is 0 Å². The maximum absolute atomic E-state index is 12.8. The molecule has 0 spiro atoms. The van der Waals surface area contributed by atoms with Gasteiger partial charge in [-0.2, -0.15) is 0 Å².